The Balaban J connectivity index is 2.35. The Bertz CT molecular complexity index is 462. The molecule has 114 valence electrons. The van der Waals surface area contributed by atoms with Crippen LogP contribution in [0.25, 0.3) is 0 Å². The second kappa shape index (κ2) is 7.85. The van der Waals surface area contributed by atoms with Crippen molar-refractivity contribution < 1.29 is 22.6 Å². The number of nitrogens with zero attached hydrogens (tertiary/aromatic N) is 2. The molecule has 0 unspecified atom stereocenters. The van der Waals surface area contributed by atoms with Gasteiger partial charge in [-0.05, 0) is 6.42 Å². The molecule has 0 radical (unpaired) electrons. The Morgan fingerprint density at radius 1 is 1.35 bits per heavy atom. The summed E-state index contributed by atoms with van der Waals surface area (Å²) >= 11 is 0. The standard InChI is InChI=1S/C11H16F3N3O3/c12-11(13,14)8-19-4-1-3-17-10(18)6-9(7-16-17)20-5-2-15/h6-7H,1-5,8,15H2. The molecule has 0 aromatic carbocycles. The molecule has 0 aliphatic heterocycles. The smallest absolute Gasteiger partial charge is 0.411 e. The molecular weight excluding hydrogens is 279 g/mol. The van der Waals surface area contributed by atoms with Crippen LogP contribution in [0.5, 0.6) is 5.75 Å². The molecule has 2 N–H and O–H groups in total. The minimum absolute atomic E-state index is 0.0982. The molecule has 6 nitrogen and oxygen atoms in total. The number of halogens is 3. The minimum Gasteiger partial charge on any atom is -0.490 e. The first-order valence-electron chi connectivity index (χ1n) is 5.97. The maximum Gasteiger partial charge on any atom is 0.411 e. The van der Waals surface area contributed by atoms with E-state index >= 15 is 0 Å². The van der Waals surface area contributed by atoms with Crippen LogP contribution in [0.1, 0.15) is 6.42 Å². The zero-order valence-electron chi connectivity index (χ0n) is 10.7. The van der Waals surface area contributed by atoms with Crippen LogP contribution in [0.15, 0.2) is 17.1 Å². The summed E-state index contributed by atoms with van der Waals surface area (Å²) in [4.78, 5) is 11.6. The molecule has 0 saturated heterocycles. The third-order valence-corrected chi connectivity index (χ3v) is 2.16. The van der Waals surface area contributed by atoms with Crippen LogP contribution in [0, 0.1) is 0 Å². The lowest BCUT2D eigenvalue weighted by Crippen LogP contribution is -2.24. The third kappa shape index (κ3) is 6.53. The Kier molecular flexibility index (Phi) is 6.46. The molecule has 1 aromatic heterocycles. The fourth-order valence-corrected chi connectivity index (χ4v) is 1.34. The maximum atomic E-state index is 11.8. The zero-order valence-corrected chi connectivity index (χ0v) is 10.7. The molecule has 1 aromatic rings. The Labute approximate surface area is 113 Å². The molecule has 0 amide bonds. The summed E-state index contributed by atoms with van der Waals surface area (Å²) in [5.74, 6) is 0.310. The molecular formula is C11H16F3N3O3. The Morgan fingerprint density at radius 3 is 2.70 bits per heavy atom. The lowest BCUT2D eigenvalue weighted by molar-refractivity contribution is -0.174. The predicted octanol–water partition coefficient (Wildman–Crippen LogP) is 0.550. The van der Waals surface area contributed by atoms with Crippen molar-refractivity contribution in [3.8, 4) is 5.75 Å². The van der Waals surface area contributed by atoms with E-state index in [-0.39, 0.29) is 26.2 Å². The van der Waals surface area contributed by atoms with Gasteiger partial charge < -0.3 is 15.2 Å². The van der Waals surface area contributed by atoms with Gasteiger partial charge in [0, 0.05) is 25.8 Å². The van der Waals surface area contributed by atoms with Crippen molar-refractivity contribution in [2.45, 2.75) is 19.1 Å². The fourth-order valence-electron chi connectivity index (χ4n) is 1.34. The van der Waals surface area contributed by atoms with Crippen LogP contribution in [-0.4, -0.2) is 42.3 Å². The summed E-state index contributed by atoms with van der Waals surface area (Å²) in [6.45, 7) is -0.621. The maximum absolute atomic E-state index is 11.8. The van der Waals surface area contributed by atoms with Crippen molar-refractivity contribution in [2.75, 3.05) is 26.4 Å². The van der Waals surface area contributed by atoms with Crippen molar-refractivity contribution in [3.63, 3.8) is 0 Å². The van der Waals surface area contributed by atoms with E-state index in [0.717, 1.165) is 4.68 Å². The van der Waals surface area contributed by atoms with Gasteiger partial charge in [0.05, 0.1) is 6.20 Å². The average Bonchev–Trinajstić information content (AvgIpc) is 2.36. The molecule has 20 heavy (non-hydrogen) atoms. The number of hydrogen-bond acceptors (Lipinski definition) is 5. The highest BCUT2D eigenvalue weighted by Crippen LogP contribution is 2.14. The van der Waals surface area contributed by atoms with E-state index in [4.69, 9.17) is 10.5 Å². The van der Waals surface area contributed by atoms with Crippen LogP contribution in [0.2, 0.25) is 0 Å². The normalized spacial score (nSPS) is 11.6. The number of rotatable bonds is 8. The SMILES string of the molecule is NCCOc1cnn(CCCOCC(F)(F)F)c(=O)c1. The largest absolute Gasteiger partial charge is 0.490 e. The molecule has 1 heterocycles. The number of aromatic nitrogens is 2. The van der Waals surface area contributed by atoms with Crippen molar-refractivity contribution >= 4 is 0 Å². The van der Waals surface area contributed by atoms with Crippen molar-refractivity contribution in [3.05, 3.63) is 22.6 Å². The number of ether oxygens (including phenoxy) is 2. The van der Waals surface area contributed by atoms with Gasteiger partial charge in [0.2, 0.25) is 0 Å². The zero-order chi connectivity index (χ0) is 15.0. The molecule has 0 spiro atoms. The van der Waals surface area contributed by atoms with Gasteiger partial charge in [-0.3, -0.25) is 4.79 Å². The monoisotopic (exact) mass is 295 g/mol. The van der Waals surface area contributed by atoms with Gasteiger partial charge in [-0.15, -0.1) is 0 Å². The van der Waals surface area contributed by atoms with Gasteiger partial charge in [-0.1, -0.05) is 0 Å². The average molecular weight is 295 g/mol. The van der Waals surface area contributed by atoms with Crippen LogP contribution in [-0.2, 0) is 11.3 Å². The van der Waals surface area contributed by atoms with Gasteiger partial charge in [0.25, 0.3) is 5.56 Å². The number of alkyl halides is 3. The first kappa shape index (κ1) is 16.4. The number of nitrogens with two attached hydrogens (primary N) is 1. The molecule has 0 saturated carbocycles. The highest BCUT2D eigenvalue weighted by molar-refractivity contribution is 5.13. The molecule has 0 aliphatic rings. The predicted molar refractivity (Wildman–Crippen MR) is 64.5 cm³/mol. The van der Waals surface area contributed by atoms with E-state index in [1.165, 1.54) is 12.3 Å². The molecule has 0 fully saturated rings. The van der Waals surface area contributed by atoms with Crippen molar-refractivity contribution in [2.24, 2.45) is 5.73 Å². The summed E-state index contributed by atoms with van der Waals surface area (Å²) in [5, 5.41) is 3.84. The highest BCUT2D eigenvalue weighted by Gasteiger charge is 2.27. The highest BCUT2D eigenvalue weighted by atomic mass is 19.4. The first-order chi connectivity index (χ1) is 9.42. The lowest BCUT2D eigenvalue weighted by Gasteiger charge is -2.08. The van der Waals surface area contributed by atoms with E-state index in [0.29, 0.717) is 12.3 Å². The summed E-state index contributed by atoms with van der Waals surface area (Å²) in [7, 11) is 0. The second-order valence-electron chi connectivity index (χ2n) is 3.91. The molecule has 1 rings (SSSR count). The van der Waals surface area contributed by atoms with E-state index in [2.05, 4.69) is 9.84 Å². The first-order valence-corrected chi connectivity index (χ1v) is 5.97. The quantitative estimate of drug-likeness (QED) is 0.709. The van der Waals surface area contributed by atoms with Gasteiger partial charge in [0.15, 0.2) is 0 Å². The van der Waals surface area contributed by atoms with Crippen molar-refractivity contribution in [1.29, 1.82) is 0 Å². The van der Waals surface area contributed by atoms with Gasteiger partial charge in [-0.2, -0.15) is 18.3 Å². The summed E-state index contributed by atoms with van der Waals surface area (Å²) < 4.78 is 46.1. The summed E-state index contributed by atoms with van der Waals surface area (Å²) in [6, 6.07) is 1.25. The van der Waals surface area contributed by atoms with Crippen LogP contribution < -0.4 is 16.0 Å². The summed E-state index contributed by atoms with van der Waals surface area (Å²) in [6.07, 6.45) is -2.73. The van der Waals surface area contributed by atoms with Gasteiger partial charge in [-0.25, -0.2) is 4.68 Å². The minimum atomic E-state index is -4.34. The molecule has 0 bridgehead atoms. The second-order valence-corrected chi connectivity index (χ2v) is 3.91. The van der Waals surface area contributed by atoms with Gasteiger partial charge >= 0.3 is 6.18 Å². The fraction of sp³-hybridized carbons (Fsp3) is 0.636. The topological polar surface area (TPSA) is 79.4 Å². The van der Waals surface area contributed by atoms with E-state index in [1.807, 2.05) is 0 Å². The van der Waals surface area contributed by atoms with E-state index in [1.54, 1.807) is 0 Å². The number of aryl methyl sites for hydroxylation is 1. The lowest BCUT2D eigenvalue weighted by atomic mass is 10.4. The van der Waals surface area contributed by atoms with Crippen LogP contribution >= 0.6 is 0 Å². The number of hydrogen-bond donors (Lipinski definition) is 1. The van der Waals surface area contributed by atoms with Gasteiger partial charge in [0.1, 0.15) is 19.0 Å². The third-order valence-electron chi connectivity index (χ3n) is 2.16. The molecule has 0 atom stereocenters. The Hall–Kier alpha value is -1.61. The summed E-state index contributed by atoms with van der Waals surface area (Å²) in [5.41, 5.74) is 4.85. The van der Waals surface area contributed by atoms with Crippen LogP contribution in [0.4, 0.5) is 13.2 Å². The van der Waals surface area contributed by atoms with Crippen LogP contribution in [0.3, 0.4) is 0 Å². The van der Waals surface area contributed by atoms with Crippen molar-refractivity contribution in [1.82, 2.24) is 9.78 Å². The molecule has 0 aliphatic carbocycles. The molecule has 9 heteroatoms. The Morgan fingerprint density at radius 2 is 2.10 bits per heavy atom. The van der Waals surface area contributed by atoms with E-state index < -0.39 is 18.3 Å². The van der Waals surface area contributed by atoms with E-state index in [9.17, 15) is 18.0 Å².